The quantitative estimate of drug-likeness (QED) is 0.787. The summed E-state index contributed by atoms with van der Waals surface area (Å²) in [5, 5.41) is 4.46. The Labute approximate surface area is 140 Å². The van der Waals surface area contributed by atoms with E-state index >= 15 is 0 Å². The zero-order chi connectivity index (χ0) is 16.0. The molecule has 2 heterocycles. The second-order valence-corrected chi connectivity index (χ2v) is 7.46. The molecule has 0 aliphatic carbocycles. The SMILES string of the molecule is CC1(C)OB(c2c(Br)cnn2Cc2ccccc2)OC1(C)C. The van der Waals surface area contributed by atoms with Crippen LogP contribution in [0.5, 0.6) is 0 Å². The third-order valence-electron chi connectivity index (χ3n) is 4.48. The summed E-state index contributed by atoms with van der Waals surface area (Å²) < 4.78 is 15.1. The fourth-order valence-electron chi connectivity index (χ4n) is 2.44. The summed E-state index contributed by atoms with van der Waals surface area (Å²) in [7, 11) is -0.425. The van der Waals surface area contributed by atoms with Gasteiger partial charge in [0.15, 0.2) is 0 Å². The number of hydrogen-bond donors (Lipinski definition) is 0. The average molecular weight is 363 g/mol. The van der Waals surface area contributed by atoms with Gasteiger partial charge in [0.25, 0.3) is 0 Å². The van der Waals surface area contributed by atoms with E-state index < -0.39 is 7.12 Å². The first-order valence-corrected chi connectivity index (χ1v) is 8.20. The lowest BCUT2D eigenvalue weighted by atomic mass is 9.84. The van der Waals surface area contributed by atoms with Crippen molar-refractivity contribution in [1.82, 2.24) is 9.78 Å². The Morgan fingerprint density at radius 2 is 1.68 bits per heavy atom. The van der Waals surface area contributed by atoms with Gasteiger partial charge in [-0.1, -0.05) is 30.3 Å². The van der Waals surface area contributed by atoms with Gasteiger partial charge in [0.1, 0.15) is 0 Å². The van der Waals surface area contributed by atoms with Crippen molar-refractivity contribution < 1.29 is 9.31 Å². The standard InChI is InChI=1S/C16H20BBrN2O2/c1-15(2)16(3,4)22-17(21-15)14-13(18)10-19-20(14)11-12-8-6-5-7-9-12/h5-10H,11H2,1-4H3. The summed E-state index contributed by atoms with van der Waals surface area (Å²) in [6.45, 7) is 8.90. The van der Waals surface area contributed by atoms with Crippen LogP contribution in [0, 0.1) is 0 Å². The fourth-order valence-corrected chi connectivity index (χ4v) is 2.93. The molecule has 0 unspecified atom stereocenters. The predicted molar refractivity (Wildman–Crippen MR) is 91.2 cm³/mol. The molecule has 0 N–H and O–H groups in total. The molecule has 0 bridgehead atoms. The highest BCUT2D eigenvalue weighted by molar-refractivity contribution is 9.10. The highest BCUT2D eigenvalue weighted by atomic mass is 79.9. The minimum atomic E-state index is -0.425. The molecule has 0 amide bonds. The van der Waals surface area contributed by atoms with Crippen molar-refractivity contribution in [1.29, 1.82) is 0 Å². The molecule has 1 saturated heterocycles. The van der Waals surface area contributed by atoms with Gasteiger partial charge in [0.05, 0.1) is 34.0 Å². The van der Waals surface area contributed by atoms with Crippen molar-refractivity contribution in [2.75, 3.05) is 0 Å². The minimum absolute atomic E-state index is 0.362. The summed E-state index contributed by atoms with van der Waals surface area (Å²) in [6, 6.07) is 10.2. The van der Waals surface area contributed by atoms with E-state index in [1.54, 1.807) is 6.20 Å². The van der Waals surface area contributed by atoms with Gasteiger partial charge in [-0.3, -0.25) is 4.68 Å². The van der Waals surface area contributed by atoms with Crippen molar-refractivity contribution >= 4 is 28.6 Å². The van der Waals surface area contributed by atoms with Gasteiger partial charge in [-0.05, 0) is 49.2 Å². The fraction of sp³-hybridized carbons (Fsp3) is 0.438. The molecular weight excluding hydrogens is 343 g/mol. The van der Waals surface area contributed by atoms with Crippen molar-refractivity contribution in [3.63, 3.8) is 0 Å². The molecular formula is C16H20BBrN2O2. The number of benzene rings is 1. The maximum atomic E-state index is 6.15. The molecule has 0 atom stereocenters. The zero-order valence-electron chi connectivity index (χ0n) is 13.3. The maximum absolute atomic E-state index is 6.15. The van der Waals surface area contributed by atoms with Crippen LogP contribution in [-0.2, 0) is 15.9 Å². The van der Waals surface area contributed by atoms with E-state index in [0.29, 0.717) is 6.54 Å². The molecule has 2 aromatic rings. The van der Waals surface area contributed by atoms with Crippen molar-refractivity contribution in [3.8, 4) is 0 Å². The van der Waals surface area contributed by atoms with Crippen LogP contribution in [0.1, 0.15) is 33.3 Å². The topological polar surface area (TPSA) is 36.3 Å². The summed E-state index contributed by atoms with van der Waals surface area (Å²) in [5.41, 5.74) is 1.39. The molecule has 1 aromatic carbocycles. The Morgan fingerprint density at radius 1 is 1.09 bits per heavy atom. The van der Waals surface area contributed by atoms with Gasteiger partial charge in [-0.25, -0.2) is 0 Å². The van der Waals surface area contributed by atoms with Crippen molar-refractivity contribution in [3.05, 3.63) is 46.6 Å². The van der Waals surface area contributed by atoms with E-state index in [2.05, 4.69) is 60.9 Å². The molecule has 1 aliphatic rings. The third kappa shape index (κ3) is 2.75. The van der Waals surface area contributed by atoms with E-state index in [9.17, 15) is 0 Å². The Morgan fingerprint density at radius 3 is 2.27 bits per heavy atom. The monoisotopic (exact) mass is 362 g/mol. The van der Waals surface area contributed by atoms with Crippen LogP contribution < -0.4 is 5.59 Å². The summed E-state index contributed by atoms with van der Waals surface area (Å²) >= 11 is 3.57. The summed E-state index contributed by atoms with van der Waals surface area (Å²) in [6.07, 6.45) is 1.79. The molecule has 1 aromatic heterocycles. The lowest BCUT2D eigenvalue weighted by molar-refractivity contribution is 0.00578. The number of aromatic nitrogens is 2. The van der Waals surface area contributed by atoms with Gasteiger partial charge in [-0.2, -0.15) is 5.10 Å². The zero-order valence-corrected chi connectivity index (χ0v) is 14.9. The number of nitrogens with zero attached hydrogens (tertiary/aromatic N) is 2. The summed E-state index contributed by atoms with van der Waals surface area (Å²) in [4.78, 5) is 0. The Bertz CT molecular complexity index is 654. The molecule has 0 saturated carbocycles. The Hall–Kier alpha value is -1.11. The maximum Gasteiger partial charge on any atom is 0.515 e. The first-order valence-electron chi connectivity index (χ1n) is 7.41. The number of halogens is 1. The van der Waals surface area contributed by atoms with E-state index in [4.69, 9.17) is 9.31 Å². The van der Waals surface area contributed by atoms with Crippen molar-refractivity contribution in [2.24, 2.45) is 0 Å². The van der Waals surface area contributed by atoms with Crippen LogP contribution in [0.3, 0.4) is 0 Å². The molecule has 3 rings (SSSR count). The number of rotatable bonds is 3. The van der Waals surface area contributed by atoms with Gasteiger partial charge in [-0.15, -0.1) is 0 Å². The van der Waals surface area contributed by atoms with E-state index in [-0.39, 0.29) is 11.2 Å². The second kappa shape index (κ2) is 5.51. The third-order valence-corrected chi connectivity index (χ3v) is 5.10. The van der Waals surface area contributed by atoms with Crippen LogP contribution in [-0.4, -0.2) is 28.1 Å². The van der Waals surface area contributed by atoms with E-state index in [1.165, 1.54) is 5.56 Å². The first kappa shape index (κ1) is 15.8. The van der Waals surface area contributed by atoms with E-state index in [1.807, 2.05) is 22.9 Å². The molecule has 22 heavy (non-hydrogen) atoms. The molecule has 0 spiro atoms. The predicted octanol–water partition coefficient (Wildman–Crippen LogP) is 2.99. The van der Waals surface area contributed by atoms with Gasteiger partial charge in [0, 0.05) is 0 Å². The van der Waals surface area contributed by atoms with Crippen LogP contribution in [0.4, 0.5) is 0 Å². The van der Waals surface area contributed by atoms with Crippen molar-refractivity contribution in [2.45, 2.75) is 45.4 Å². The first-order chi connectivity index (χ1) is 10.3. The molecule has 6 heteroatoms. The van der Waals surface area contributed by atoms with Gasteiger partial charge in [0.2, 0.25) is 0 Å². The highest BCUT2D eigenvalue weighted by Crippen LogP contribution is 2.37. The largest absolute Gasteiger partial charge is 0.515 e. The second-order valence-electron chi connectivity index (χ2n) is 6.61. The Balaban J connectivity index is 1.91. The van der Waals surface area contributed by atoms with E-state index in [0.717, 1.165) is 10.1 Å². The lowest BCUT2D eigenvalue weighted by Gasteiger charge is -2.32. The smallest absolute Gasteiger partial charge is 0.398 e. The molecule has 1 aliphatic heterocycles. The van der Waals surface area contributed by atoms with Gasteiger partial charge < -0.3 is 9.31 Å². The van der Waals surface area contributed by atoms with Gasteiger partial charge >= 0.3 is 7.12 Å². The number of hydrogen-bond acceptors (Lipinski definition) is 3. The normalized spacial score (nSPS) is 19.6. The minimum Gasteiger partial charge on any atom is -0.398 e. The van der Waals surface area contributed by atoms with Crippen LogP contribution >= 0.6 is 15.9 Å². The van der Waals surface area contributed by atoms with Crippen LogP contribution in [0.2, 0.25) is 0 Å². The Kier molecular flexibility index (Phi) is 3.95. The average Bonchev–Trinajstić information content (AvgIpc) is 2.88. The molecule has 4 nitrogen and oxygen atoms in total. The molecule has 0 radical (unpaired) electrons. The summed E-state index contributed by atoms with van der Waals surface area (Å²) in [5.74, 6) is 0. The molecule has 116 valence electrons. The lowest BCUT2D eigenvalue weighted by Crippen LogP contribution is -2.41. The van der Waals surface area contributed by atoms with Crippen LogP contribution in [0.15, 0.2) is 41.0 Å². The molecule has 1 fully saturated rings. The highest BCUT2D eigenvalue weighted by Gasteiger charge is 2.53. The van der Waals surface area contributed by atoms with Crippen LogP contribution in [0.25, 0.3) is 0 Å².